The second kappa shape index (κ2) is 6.39. The first kappa shape index (κ1) is 17.3. The highest BCUT2D eigenvalue weighted by atomic mass is 32.1. The highest BCUT2D eigenvalue weighted by Gasteiger charge is 2.50. The van der Waals surface area contributed by atoms with E-state index in [0.717, 1.165) is 30.7 Å². The minimum absolute atomic E-state index is 0.00343. The van der Waals surface area contributed by atoms with Crippen molar-refractivity contribution in [1.82, 2.24) is 9.80 Å². The Bertz CT molecular complexity index is 655. The summed E-state index contributed by atoms with van der Waals surface area (Å²) < 4.78 is 5.34. The number of aryl methyl sites for hydroxylation is 1. The van der Waals surface area contributed by atoms with Crippen molar-refractivity contribution in [3.8, 4) is 5.75 Å². The Hall–Kier alpha value is -1.56. The Labute approximate surface area is 147 Å². The van der Waals surface area contributed by atoms with Crippen LogP contribution in [0.4, 0.5) is 0 Å². The van der Waals surface area contributed by atoms with Gasteiger partial charge in [-0.2, -0.15) is 0 Å². The molecule has 0 radical (unpaired) electrons. The monoisotopic (exact) mass is 350 g/mol. The van der Waals surface area contributed by atoms with E-state index in [0.29, 0.717) is 23.7 Å². The van der Waals surface area contributed by atoms with E-state index in [9.17, 15) is 9.59 Å². The Kier molecular flexibility index (Phi) is 4.60. The van der Waals surface area contributed by atoms with Gasteiger partial charge in [-0.25, -0.2) is 0 Å². The highest BCUT2D eigenvalue weighted by molar-refractivity contribution is 7.14. The molecule has 5 nitrogen and oxygen atoms in total. The van der Waals surface area contributed by atoms with Gasteiger partial charge in [0.05, 0.1) is 12.5 Å². The molecule has 1 spiro atoms. The summed E-state index contributed by atoms with van der Waals surface area (Å²) in [5.41, 5.74) is -0.377. The predicted molar refractivity (Wildman–Crippen MR) is 94.6 cm³/mol. The van der Waals surface area contributed by atoms with E-state index in [1.165, 1.54) is 11.3 Å². The van der Waals surface area contributed by atoms with Crippen molar-refractivity contribution < 1.29 is 14.3 Å². The number of nitrogens with zero attached hydrogens (tertiary/aromatic N) is 2. The third-order valence-corrected chi connectivity index (χ3v) is 6.29. The molecule has 0 bridgehead atoms. The van der Waals surface area contributed by atoms with Gasteiger partial charge in [0.1, 0.15) is 10.6 Å². The maximum Gasteiger partial charge on any atom is 0.267 e. The van der Waals surface area contributed by atoms with E-state index < -0.39 is 0 Å². The number of thiophene rings is 1. The van der Waals surface area contributed by atoms with Gasteiger partial charge in [-0.15, -0.1) is 11.3 Å². The Morgan fingerprint density at radius 1 is 1.33 bits per heavy atom. The van der Waals surface area contributed by atoms with Crippen LogP contribution >= 0.6 is 11.3 Å². The molecule has 0 N–H and O–H groups in total. The predicted octanol–water partition coefficient (Wildman–Crippen LogP) is 2.93. The van der Waals surface area contributed by atoms with Crippen LogP contribution in [0, 0.1) is 12.3 Å². The largest absolute Gasteiger partial charge is 0.495 e. The quantitative estimate of drug-likeness (QED) is 0.842. The number of likely N-dealkylation sites (tertiary alicyclic amines) is 2. The normalized spacial score (nSPS) is 24.3. The average molecular weight is 350 g/mol. The molecule has 0 aliphatic carbocycles. The molecule has 1 aromatic heterocycles. The van der Waals surface area contributed by atoms with Crippen LogP contribution in [0.15, 0.2) is 6.07 Å². The summed E-state index contributed by atoms with van der Waals surface area (Å²) in [4.78, 5) is 31.4. The number of rotatable bonds is 3. The number of carbonyl (C=O) groups excluding carboxylic acids is 2. The van der Waals surface area contributed by atoms with Crippen LogP contribution in [0.3, 0.4) is 0 Å². The molecule has 2 aliphatic rings. The molecular formula is C18H26N2O3S. The smallest absolute Gasteiger partial charge is 0.267 e. The number of hydrogen-bond donors (Lipinski definition) is 0. The zero-order valence-electron chi connectivity index (χ0n) is 14.9. The topological polar surface area (TPSA) is 49.9 Å². The van der Waals surface area contributed by atoms with Gasteiger partial charge >= 0.3 is 0 Å². The zero-order valence-corrected chi connectivity index (χ0v) is 15.7. The first-order chi connectivity index (χ1) is 11.4. The van der Waals surface area contributed by atoms with Crippen molar-refractivity contribution in [2.24, 2.45) is 5.41 Å². The maximum atomic E-state index is 13.0. The fourth-order valence-corrected chi connectivity index (χ4v) is 4.90. The van der Waals surface area contributed by atoms with E-state index >= 15 is 0 Å². The molecule has 132 valence electrons. The van der Waals surface area contributed by atoms with Crippen LogP contribution in [0.25, 0.3) is 0 Å². The molecule has 1 aromatic rings. The number of amides is 2. The average Bonchev–Trinajstić information content (AvgIpc) is 3.13. The summed E-state index contributed by atoms with van der Waals surface area (Å²) in [6.45, 7) is 8.12. The fourth-order valence-electron chi connectivity index (χ4n) is 3.95. The Balaban J connectivity index is 1.79. The Morgan fingerprint density at radius 3 is 2.75 bits per heavy atom. The van der Waals surface area contributed by atoms with Crippen LogP contribution in [0.1, 0.15) is 47.7 Å². The van der Waals surface area contributed by atoms with Crippen LogP contribution in [-0.2, 0) is 4.79 Å². The number of methoxy groups -OCH3 is 1. The minimum atomic E-state index is -0.377. The molecule has 1 unspecified atom stereocenters. The van der Waals surface area contributed by atoms with E-state index in [4.69, 9.17) is 4.74 Å². The van der Waals surface area contributed by atoms with Crippen LogP contribution in [0.5, 0.6) is 5.75 Å². The molecule has 1 atom stereocenters. The molecule has 2 fully saturated rings. The SMILES string of the molecule is COc1cc(C)sc1C(=O)N1CCC2(CCCN(C(C)C)C2=O)C1. The third-order valence-electron chi connectivity index (χ3n) is 5.27. The van der Waals surface area contributed by atoms with E-state index in [2.05, 4.69) is 13.8 Å². The van der Waals surface area contributed by atoms with Crippen LogP contribution in [0.2, 0.25) is 0 Å². The summed E-state index contributed by atoms with van der Waals surface area (Å²) in [6.07, 6.45) is 2.68. The lowest BCUT2D eigenvalue weighted by Gasteiger charge is -2.41. The van der Waals surface area contributed by atoms with Crippen LogP contribution in [-0.4, -0.2) is 54.4 Å². The van der Waals surface area contributed by atoms with Crippen molar-refractivity contribution in [3.63, 3.8) is 0 Å². The molecule has 6 heteroatoms. The zero-order chi connectivity index (χ0) is 17.5. The fraction of sp³-hybridized carbons (Fsp3) is 0.667. The van der Waals surface area contributed by atoms with Gasteiger partial charge in [0, 0.05) is 30.6 Å². The molecule has 0 saturated carbocycles. The molecule has 24 heavy (non-hydrogen) atoms. The first-order valence-electron chi connectivity index (χ1n) is 8.63. The molecular weight excluding hydrogens is 324 g/mol. The van der Waals surface area contributed by atoms with Crippen molar-refractivity contribution in [3.05, 3.63) is 15.8 Å². The number of carbonyl (C=O) groups is 2. The van der Waals surface area contributed by atoms with Crippen molar-refractivity contribution >= 4 is 23.2 Å². The van der Waals surface area contributed by atoms with Gasteiger partial charge in [-0.1, -0.05) is 0 Å². The van der Waals surface area contributed by atoms with Gasteiger partial charge in [0.15, 0.2) is 0 Å². The number of piperidine rings is 1. The van der Waals surface area contributed by atoms with Gasteiger partial charge in [0.25, 0.3) is 5.91 Å². The maximum absolute atomic E-state index is 13.0. The lowest BCUT2D eigenvalue weighted by atomic mass is 9.78. The molecule has 2 saturated heterocycles. The van der Waals surface area contributed by atoms with Gasteiger partial charge in [-0.3, -0.25) is 9.59 Å². The third kappa shape index (κ3) is 2.81. The molecule has 2 aliphatic heterocycles. The Morgan fingerprint density at radius 2 is 2.08 bits per heavy atom. The van der Waals surface area contributed by atoms with E-state index in [1.54, 1.807) is 7.11 Å². The standard InChI is InChI=1S/C18H26N2O3S/c1-12(2)20-8-5-6-18(17(20)22)7-9-19(11-18)16(21)15-14(23-4)10-13(3)24-15/h10,12H,5-9,11H2,1-4H3. The first-order valence-corrected chi connectivity index (χ1v) is 9.44. The second-order valence-electron chi connectivity index (χ2n) is 7.21. The summed E-state index contributed by atoms with van der Waals surface area (Å²) in [5, 5.41) is 0. The van der Waals surface area contributed by atoms with E-state index in [1.807, 2.05) is 22.8 Å². The number of ether oxygens (including phenoxy) is 1. The summed E-state index contributed by atoms with van der Waals surface area (Å²) in [6, 6.07) is 2.12. The lowest BCUT2D eigenvalue weighted by Crippen LogP contribution is -2.52. The lowest BCUT2D eigenvalue weighted by molar-refractivity contribution is -0.147. The van der Waals surface area contributed by atoms with Gasteiger partial charge in [0.2, 0.25) is 5.91 Å². The minimum Gasteiger partial charge on any atom is -0.495 e. The number of hydrogen-bond acceptors (Lipinski definition) is 4. The summed E-state index contributed by atoms with van der Waals surface area (Å²) in [5.74, 6) is 0.867. The highest BCUT2D eigenvalue weighted by Crippen LogP contribution is 2.42. The summed E-state index contributed by atoms with van der Waals surface area (Å²) >= 11 is 1.46. The second-order valence-corrected chi connectivity index (χ2v) is 8.46. The summed E-state index contributed by atoms with van der Waals surface area (Å²) in [7, 11) is 1.59. The van der Waals surface area contributed by atoms with Crippen LogP contribution < -0.4 is 4.74 Å². The van der Waals surface area contributed by atoms with E-state index in [-0.39, 0.29) is 23.3 Å². The van der Waals surface area contributed by atoms with Gasteiger partial charge in [-0.05, 0) is 46.1 Å². The van der Waals surface area contributed by atoms with Crippen molar-refractivity contribution in [1.29, 1.82) is 0 Å². The molecule has 3 heterocycles. The molecule has 3 rings (SSSR count). The van der Waals surface area contributed by atoms with Crippen molar-refractivity contribution in [2.45, 2.75) is 46.1 Å². The molecule has 2 amide bonds. The van der Waals surface area contributed by atoms with Gasteiger partial charge < -0.3 is 14.5 Å². The van der Waals surface area contributed by atoms with Crippen molar-refractivity contribution in [2.75, 3.05) is 26.7 Å². The molecule has 0 aromatic carbocycles.